The first-order chi connectivity index (χ1) is 8.67. The Labute approximate surface area is 121 Å². The SMILES string of the molecule is O=C(CBr)NNN(NC(=O)CBr)c1ccccc1. The molecule has 0 saturated heterocycles. The zero-order valence-electron chi connectivity index (χ0n) is 9.32. The van der Waals surface area contributed by atoms with Crippen LogP contribution >= 0.6 is 31.9 Å². The molecule has 1 aromatic carbocycles. The van der Waals surface area contributed by atoms with E-state index in [-0.39, 0.29) is 22.5 Å². The van der Waals surface area contributed by atoms with Crippen molar-refractivity contribution < 1.29 is 9.59 Å². The summed E-state index contributed by atoms with van der Waals surface area (Å²) in [5, 5.41) is 1.64. The van der Waals surface area contributed by atoms with Crippen LogP contribution in [0, 0.1) is 0 Å². The van der Waals surface area contributed by atoms with Gasteiger partial charge in [-0.05, 0) is 12.1 Å². The molecular weight excluding hydrogens is 368 g/mol. The number of hydrogen-bond donors (Lipinski definition) is 3. The fourth-order valence-electron chi connectivity index (χ4n) is 1.04. The van der Waals surface area contributed by atoms with Gasteiger partial charge in [0.25, 0.3) is 0 Å². The van der Waals surface area contributed by atoms with Crippen molar-refractivity contribution in [3.05, 3.63) is 30.3 Å². The van der Waals surface area contributed by atoms with Crippen LogP contribution in [0.25, 0.3) is 0 Å². The molecule has 0 unspecified atom stereocenters. The van der Waals surface area contributed by atoms with Gasteiger partial charge < -0.3 is 0 Å². The largest absolute Gasteiger partial charge is 0.273 e. The number of rotatable bonds is 6. The van der Waals surface area contributed by atoms with Crippen LogP contribution in [0.15, 0.2) is 30.3 Å². The molecule has 6 nitrogen and oxygen atoms in total. The van der Waals surface area contributed by atoms with Gasteiger partial charge in [-0.25, -0.2) is 0 Å². The molecular formula is C10H12Br2N4O2. The van der Waals surface area contributed by atoms with E-state index in [1.807, 2.05) is 18.2 Å². The summed E-state index contributed by atoms with van der Waals surface area (Å²) in [5.74, 6) is -0.511. The minimum Gasteiger partial charge on any atom is -0.273 e. The Morgan fingerprint density at radius 2 is 1.67 bits per heavy atom. The van der Waals surface area contributed by atoms with Gasteiger partial charge in [-0.1, -0.05) is 50.1 Å². The summed E-state index contributed by atoms with van der Waals surface area (Å²) >= 11 is 6.07. The van der Waals surface area contributed by atoms with Crippen LogP contribution in [-0.2, 0) is 9.59 Å². The topological polar surface area (TPSA) is 73.5 Å². The van der Waals surface area contributed by atoms with Crippen LogP contribution in [0.2, 0.25) is 0 Å². The molecule has 1 rings (SSSR count). The minimum atomic E-state index is -0.260. The van der Waals surface area contributed by atoms with Crippen LogP contribution in [0.3, 0.4) is 0 Å². The van der Waals surface area contributed by atoms with E-state index in [9.17, 15) is 9.59 Å². The Morgan fingerprint density at radius 1 is 1.06 bits per heavy atom. The van der Waals surface area contributed by atoms with Crippen molar-refractivity contribution in [2.45, 2.75) is 0 Å². The number of carbonyl (C=O) groups is 2. The number of carbonyl (C=O) groups excluding carboxylic acids is 2. The van der Waals surface area contributed by atoms with Crippen LogP contribution in [-0.4, -0.2) is 22.5 Å². The first-order valence-electron chi connectivity index (χ1n) is 4.98. The lowest BCUT2D eigenvalue weighted by Gasteiger charge is -2.25. The summed E-state index contributed by atoms with van der Waals surface area (Å²) in [6, 6.07) is 9.04. The molecule has 18 heavy (non-hydrogen) atoms. The van der Waals surface area contributed by atoms with Crippen molar-refractivity contribution in [2.75, 3.05) is 15.8 Å². The van der Waals surface area contributed by atoms with Crippen molar-refractivity contribution in [3.8, 4) is 0 Å². The van der Waals surface area contributed by atoms with E-state index in [0.29, 0.717) is 5.69 Å². The van der Waals surface area contributed by atoms with E-state index in [1.165, 1.54) is 5.12 Å². The van der Waals surface area contributed by atoms with Gasteiger partial charge >= 0.3 is 0 Å². The zero-order valence-corrected chi connectivity index (χ0v) is 12.5. The van der Waals surface area contributed by atoms with Crippen molar-refractivity contribution in [1.82, 2.24) is 16.4 Å². The van der Waals surface area contributed by atoms with Gasteiger partial charge in [0.05, 0.1) is 16.3 Å². The van der Waals surface area contributed by atoms with Crippen LogP contribution in [0.5, 0.6) is 0 Å². The first kappa shape index (κ1) is 14.9. The van der Waals surface area contributed by atoms with Crippen molar-refractivity contribution in [2.24, 2.45) is 0 Å². The van der Waals surface area contributed by atoms with E-state index in [4.69, 9.17) is 0 Å². The van der Waals surface area contributed by atoms with E-state index in [1.54, 1.807) is 12.1 Å². The lowest BCUT2D eigenvalue weighted by molar-refractivity contribution is -0.121. The highest BCUT2D eigenvalue weighted by Gasteiger charge is 2.09. The summed E-state index contributed by atoms with van der Waals surface area (Å²) in [4.78, 5) is 22.5. The second-order valence-electron chi connectivity index (χ2n) is 3.13. The second kappa shape index (κ2) is 8.06. The number of anilines is 1. The zero-order chi connectivity index (χ0) is 13.4. The van der Waals surface area contributed by atoms with E-state index in [0.717, 1.165) is 0 Å². The Bertz CT molecular complexity index is 402. The number of nitrogens with zero attached hydrogens (tertiary/aromatic N) is 1. The number of hydrogen-bond acceptors (Lipinski definition) is 4. The number of amides is 2. The Balaban J connectivity index is 2.69. The highest BCUT2D eigenvalue weighted by molar-refractivity contribution is 9.09. The highest BCUT2D eigenvalue weighted by atomic mass is 79.9. The van der Waals surface area contributed by atoms with Gasteiger partial charge in [-0.3, -0.25) is 20.4 Å². The van der Waals surface area contributed by atoms with Gasteiger partial charge in [0.15, 0.2) is 0 Å². The molecule has 0 heterocycles. The van der Waals surface area contributed by atoms with E-state index in [2.05, 4.69) is 48.2 Å². The lowest BCUT2D eigenvalue weighted by atomic mass is 10.3. The van der Waals surface area contributed by atoms with E-state index >= 15 is 0 Å². The molecule has 8 heteroatoms. The summed E-state index contributed by atoms with van der Waals surface area (Å²) in [6.07, 6.45) is 0. The third-order valence-electron chi connectivity index (χ3n) is 1.80. The second-order valence-corrected chi connectivity index (χ2v) is 4.25. The molecule has 0 spiro atoms. The number of benzene rings is 1. The molecule has 0 bridgehead atoms. The molecule has 0 atom stereocenters. The van der Waals surface area contributed by atoms with Crippen molar-refractivity contribution >= 4 is 49.4 Å². The number of para-hydroxylation sites is 1. The summed E-state index contributed by atoms with van der Waals surface area (Å²) < 4.78 is 0. The highest BCUT2D eigenvalue weighted by Crippen LogP contribution is 2.08. The molecule has 0 aliphatic heterocycles. The van der Waals surface area contributed by atoms with E-state index < -0.39 is 0 Å². The number of nitrogens with one attached hydrogen (secondary N) is 3. The number of alkyl halides is 2. The van der Waals surface area contributed by atoms with Crippen molar-refractivity contribution in [1.29, 1.82) is 0 Å². The molecule has 0 aliphatic carbocycles. The minimum absolute atomic E-state index is 0.157. The predicted molar refractivity (Wildman–Crippen MR) is 75.9 cm³/mol. The van der Waals surface area contributed by atoms with Gasteiger partial charge in [-0.2, -0.15) is 5.12 Å². The fraction of sp³-hybridized carbons (Fsp3) is 0.200. The third-order valence-corrected chi connectivity index (χ3v) is 2.82. The van der Waals surface area contributed by atoms with Gasteiger partial charge in [0, 0.05) is 0 Å². The molecule has 3 N–H and O–H groups in total. The molecule has 0 radical (unpaired) electrons. The lowest BCUT2D eigenvalue weighted by Crippen LogP contribution is -2.58. The fourth-order valence-corrected chi connectivity index (χ4v) is 1.31. The maximum Gasteiger partial charge on any atom is 0.250 e. The summed E-state index contributed by atoms with van der Waals surface area (Å²) in [6.45, 7) is 0. The van der Waals surface area contributed by atoms with Crippen LogP contribution in [0.4, 0.5) is 5.69 Å². The smallest absolute Gasteiger partial charge is 0.250 e. The molecule has 0 saturated carbocycles. The van der Waals surface area contributed by atoms with Gasteiger partial charge in [-0.15, -0.1) is 5.53 Å². The Kier molecular flexibility index (Phi) is 6.69. The van der Waals surface area contributed by atoms with Crippen molar-refractivity contribution in [3.63, 3.8) is 0 Å². The molecule has 0 aliphatic rings. The van der Waals surface area contributed by atoms with Crippen LogP contribution in [0.1, 0.15) is 0 Å². The molecule has 98 valence electrons. The standard InChI is InChI=1S/C10H12Br2N4O2/c11-6-9(17)13-15-16(14-10(18)7-12)8-4-2-1-3-5-8/h1-5,15H,6-7H2,(H,13,17)(H,14,18). The third kappa shape index (κ3) is 5.03. The number of hydrazine groups is 3. The molecule has 1 aromatic rings. The molecule has 0 aromatic heterocycles. The summed E-state index contributed by atoms with van der Waals surface area (Å²) in [7, 11) is 0. The monoisotopic (exact) mass is 378 g/mol. The average Bonchev–Trinajstić information content (AvgIpc) is 2.43. The molecule has 2 amide bonds. The molecule has 0 fully saturated rings. The van der Waals surface area contributed by atoms with Gasteiger partial charge in [0.2, 0.25) is 11.8 Å². The first-order valence-corrected chi connectivity index (χ1v) is 7.22. The normalized spacial score (nSPS) is 9.67. The summed E-state index contributed by atoms with van der Waals surface area (Å²) in [5.41, 5.74) is 8.27. The van der Waals surface area contributed by atoms with Gasteiger partial charge in [0.1, 0.15) is 0 Å². The quantitative estimate of drug-likeness (QED) is 0.506. The Morgan fingerprint density at radius 3 is 2.22 bits per heavy atom. The Hall–Kier alpha value is -1.12. The number of halogens is 2. The maximum atomic E-state index is 11.3. The van der Waals surface area contributed by atoms with Crippen LogP contribution < -0.4 is 21.5 Å². The average molecular weight is 380 g/mol. The maximum absolute atomic E-state index is 11.3. The predicted octanol–water partition coefficient (Wildman–Crippen LogP) is 0.850.